The van der Waals surface area contributed by atoms with Crippen molar-refractivity contribution in [2.45, 2.75) is 130 Å². The first-order valence-corrected chi connectivity index (χ1v) is 14.3. The smallest absolute Gasteiger partial charge is 0.306 e. The molecule has 0 radical (unpaired) electrons. The first kappa shape index (κ1) is 33.6. The van der Waals surface area contributed by atoms with Gasteiger partial charge in [-0.25, -0.2) is 0 Å². The van der Waals surface area contributed by atoms with Gasteiger partial charge in [0, 0.05) is 18.8 Å². The quantitative estimate of drug-likeness (QED) is 0.0977. The number of unbranched alkanes of at least 4 members (excludes halogenated alkanes) is 10. The van der Waals surface area contributed by atoms with Gasteiger partial charge in [-0.2, -0.15) is 0 Å². The highest BCUT2D eigenvalue weighted by Gasteiger charge is 2.19. The van der Waals surface area contributed by atoms with Crippen LogP contribution in [-0.4, -0.2) is 44.1 Å². The van der Waals surface area contributed by atoms with Gasteiger partial charge in [-0.05, 0) is 25.2 Å². The van der Waals surface area contributed by atoms with Crippen molar-refractivity contribution in [3.8, 4) is 0 Å². The molecule has 0 aliphatic heterocycles. The lowest BCUT2D eigenvalue weighted by atomic mass is 10.1. The van der Waals surface area contributed by atoms with E-state index in [0.717, 1.165) is 38.5 Å². The minimum Gasteiger partial charge on any atom is -0.466 e. The summed E-state index contributed by atoms with van der Waals surface area (Å²) in [5.74, 6) is -0.319. The van der Waals surface area contributed by atoms with Crippen molar-refractivity contribution in [2.75, 3.05) is 26.4 Å². The second kappa shape index (κ2) is 24.3. The molecule has 0 bridgehead atoms. The van der Waals surface area contributed by atoms with E-state index in [1.807, 2.05) is 0 Å². The molecule has 0 saturated heterocycles. The molecule has 0 rings (SSSR count). The third-order valence-corrected chi connectivity index (χ3v) is 6.05. The first-order chi connectivity index (χ1) is 16.9. The van der Waals surface area contributed by atoms with E-state index in [-0.39, 0.29) is 49.9 Å². The van der Waals surface area contributed by atoms with Crippen LogP contribution in [0.5, 0.6) is 0 Å². The van der Waals surface area contributed by atoms with Gasteiger partial charge in [-0.15, -0.1) is 0 Å². The molecule has 0 aliphatic rings. The number of hydrogen-bond acceptors (Lipinski definition) is 6. The Morgan fingerprint density at radius 3 is 1.83 bits per heavy atom. The molecule has 35 heavy (non-hydrogen) atoms. The van der Waals surface area contributed by atoms with Crippen LogP contribution in [-0.2, 0) is 28.6 Å². The second-order valence-corrected chi connectivity index (χ2v) is 10.2. The van der Waals surface area contributed by atoms with Crippen molar-refractivity contribution in [1.82, 2.24) is 0 Å². The predicted molar refractivity (Wildman–Crippen MR) is 141 cm³/mol. The van der Waals surface area contributed by atoms with E-state index in [9.17, 15) is 14.4 Å². The molecule has 0 N–H and O–H groups in total. The molecule has 0 spiro atoms. The zero-order valence-corrected chi connectivity index (χ0v) is 23.2. The Bertz CT molecular complexity index is 531. The van der Waals surface area contributed by atoms with Crippen LogP contribution in [0.2, 0.25) is 0 Å². The number of rotatable bonds is 25. The van der Waals surface area contributed by atoms with Crippen LogP contribution in [0, 0.1) is 11.8 Å². The number of Topliss-reactive ketones (excluding diaryl/α,β-unsaturated/α-hetero) is 1. The van der Waals surface area contributed by atoms with E-state index in [1.54, 1.807) is 0 Å². The lowest BCUT2D eigenvalue weighted by molar-refractivity contribution is -0.151. The summed E-state index contributed by atoms with van der Waals surface area (Å²) < 4.78 is 16.4. The summed E-state index contributed by atoms with van der Waals surface area (Å²) in [5.41, 5.74) is 0. The van der Waals surface area contributed by atoms with Crippen molar-refractivity contribution in [3.05, 3.63) is 0 Å². The van der Waals surface area contributed by atoms with Gasteiger partial charge in [0.15, 0.2) is 5.78 Å². The van der Waals surface area contributed by atoms with Crippen LogP contribution in [0.25, 0.3) is 0 Å². The highest BCUT2D eigenvalue weighted by atomic mass is 16.5. The maximum absolute atomic E-state index is 12.2. The van der Waals surface area contributed by atoms with Crippen LogP contribution >= 0.6 is 0 Å². The van der Waals surface area contributed by atoms with Gasteiger partial charge in [0.1, 0.15) is 6.61 Å². The zero-order chi connectivity index (χ0) is 26.2. The topological polar surface area (TPSA) is 78.9 Å². The average molecular weight is 499 g/mol. The van der Waals surface area contributed by atoms with E-state index in [4.69, 9.17) is 14.2 Å². The summed E-state index contributed by atoms with van der Waals surface area (Å²) in [6.45, 7) is 9.27. The fourth-order valence-electron chi connectivity index (χ4n) is 3.72. The fourth-order valence-corrected chi connectivity index (χ4v) is 3.72. The van der Waals surface area contributed by atoms with Crippen LogP contribution in [0.3, 0.4) is 0 Å². The molecule has 0 aromatic rings. The molecule has 6 nitrogen and oxygen atoms in total. The van der Waals surface area contributed by atoms with Crippen LogP contribution < -0.4 is 0 Å². The summed E-state index contributed by atoms with van der Waals surface area (Å²) in [6, 6.07) is 0. The fraction of sp³-hybridized carbons (Fsp3) is 0.897. The Hall–Kier alpha value is -1.43. The molecule has 6 heteroatoms. The van der Waals surface area contributed by atoms with E-state index < -0.39 is 0 Å². The summed E-state index contributed by atoms with van der Waals surface area (Å²) in [6.07, 6.45) is 15.4. The Labute approximate surface area is 215 Å². The van der Waals surface area contributed by atoms with E-state index in [0.29, 0.717) is 25.4 Å². The predicted octanol–water partition coefficient (Wildman–Crippen LogP) is 7.21. The van der Waals surface area contributed by atoms with Gasteiger partial charge in [-0.3, -0.25) is 14.4 Å². The van der Waals surface area contributed by atoms with Crippen molar-refractivity contribution in [2.24, 2.45) is 11.8 Å². The molecule has 206 valence electrons. The van der Waals surface area contributed by atoms with E-state index in [2.05, 4.69) is 27.7 Å². The van der Waals surface area contributed by atoms with Gasteiger partial charge >= 0.3 is 11.9 Å². The molecule has 0 saturated carbocycles. The summed E-state index contributed by atoms with van der Waals surface area (Å²) >= 11 is 0. The van der Waals surface area contributed by atoms with Crippen molar-refractivity contribution in [1.29, 1.82) is 0 Å². The van der Waals surface area contributed by atoms with Crippen LogP contribution in [0.15, 0.2) is 0 Å². The van der Waals surface area contributed by atoms with E-state index in [1.165, 1.54) is 44.9 Å². The number of carbonyl (C=O) groups excluding carboxylic acids is 3. The SMILES string of the molecule is CCCCCCCCC(=O)COCC(COC(=O)CCCCCCCC)CC(=O)OCCC(C)C. The normalized spacial score (nSPS) is 12.0. The number of carbonyl (C=O) groups is 3. The molecule has 0 aliphatic carbocycles. The lowest BCUT2D eigenvalue weighted by Crippen LogP contribution is -2.24. The molecule has 0 amide bonds. The van der Waals surface area contributed by atoms with Crippen molar-refractivity contribution in [3.63, 3.8) is 0 Å². The molecule has 0 fully saturated rings. The summed E-state index contributed by atoms with van der Waals surface area (Å²) in [5, 5.41) is 0. The molecular formula is C29H54O6. The Morgan fingerprint density at radius 2 is 1.23 bits per heavy atom. The number of hydrogen-bond donors (Lipinski definition) is 0. The van der Waals surface area contributed by atoms with Gasteiger partial charge in [-0.1, -0.05) is 91.9 Å². The average Bonchev–Trinajstić information content (AvgIpc) is 2.81. The number of ketones is 1. The highest BCUT2D eigenvalue weighted by molar-refractivity contribution is 5.79. The molecule has 1 atom stereocenters. The Kier molecular flexibility index (Phi) is 23.3. The molecular weight excluding hydrogens is 444 g/mol. The monoisotopic (exact) mass is 498 g/mol. The summed E-state index contributed by atoms with van der Waals surface area (Å²) in [7, 11) is 0. The summed E-state index contributed by atoms with van der Waals surface area (Å²) in [4.78, 5) is 36.5. The third-order valence-electron chi connectivity index (χ3n) is 6.05. The Balaban J connectivity index is 4.32. The van der Waals surface area contributed by atoms with E-state index >= 15 is 0 Å². The zero-order valence-electron chi connectivity index (χ0n) is 23.2. The van der Waals surface area contributed by atoms with Gasteiger partial charge in [0.25, 0.3) is 0 Å². The van der Waals surface area contributed by atoms with Crippen LogP contribution in [0.1, 0.15) is 130 Å². The first-order valence-electron chi connectivity index (χ1n) is 14.3. The number of ether oxygens (including phenoxy) is 3. The van der Waals surface area contributed by atoms with Gasteiger partial charge in [0.2, 0.25) is 0 Å². The van der Waals surface area contributed by atoms with Gasteiger partial charge in [0.05, 0.1) is 26.2 Å². The maximum atomic E-state index is 12.2. The maximum Gasteiger partial charge on any atom is 0.306 e. The molecule has 1 unspecified atom stereocenters. The second-order valence-electron chi connectivity index (χ2n) is 10.2. The largest absolute Gasteiger partial charge is 0.466 e. The lowest BCUT2D eigenvalue weighted by Gasteiger charge is -2.17. The Morgan fingerprint density at radius 1 is 0.657 bits per heavy atom. The minimum atomic E-state index is -0.315. The molecule has 0 heterocycles. The minimum absolute atomic E-state index is 0.0412. The third kappa shape index (κ3) is 24.1. The van der Waals surface area contributed by atoms with Crippen molar-refractivity contribution < 1.29 is 28.6 Å². The van der Waals surface area contributed by atoms with Crippen LogP contribution in [0.4, 0.5) is 0 Å². The molecule has 0 aromatic carbocycles. The van der Waals surface area contributed by atoms with Crippen molar-refractivity contribution >= 4 is 17.7 Å². The number of esters is 2. The van der Waals surface area contributed by atoms with Gasteiger partial charge < -0.3 is 14.2 Å². The standard InChI is InChI=1S/C29H54O6/c1-5-7-9-11-13-15-17-27(30)24-33-22-26(21-29(32)34-20-19-25(3)4)23-35-28(31)18-16-14-12-10-8-6-2/h25-26H,5-24H2,1-4H3. The highest BCUT2D eigenvalue weighted by Crippen LogP contribution is 2.12. The molecule has 0 aromatic heterocycles.